The molecule has 5 nitrogen and oxygen atoms in total. The Morgan fingerprint density at radius 2 is 1.76 bits per heavy atom. The van der Waals surface area contributed by atoms with E-state index in [2.05, 4.69) is 9.99 Å². The summed E-state index contributed by atoms with van der Waals surface area (Å²) in [4.78, 5) is 4.44. The molecule has 0 radical (unpaired) electrons. The van der Waals surface area contributed by atoms with Crippen LogP contribution in [-0.4, -0.2) is 32.7 Å². The van der Waals surface area contributed by atoms with Crippen molar-refractivity contribution in [3.8, 4) is 6.07 Å². The van der Waals surface area contributed by atoms with Gasteiger partial charge in [0.25, 0.3) is 0 Å². The fraction of sp³-hybridized carbons (Fsp3) is 0.222. The first-order chi connectivity index (χ1) is 13.4. The van der Waals surface area contributed by atoms with E-state index in [9.17, 15) is 26.9 Å². The lowest BCUT2D eigenvalue weighted by Gasteiger charge is -2.22. The second-order valence-corrected chi connectivity index (χ2v) is 9.18. The average molecular weight is 463 g/mol. The molecular formula is C18H11Cl2F3N2O3S. The maximum absolute atomic E-state index is 13.6. The van der Waals surface area contributed by atoms with Crippen LogP contribution < -0.4 is 0 Å². The lowest BCUT2D eigenvalue weighted by Crippen LogP contribution is -2.35. The number of rotatable bonds is 3. The Morgan fingerprint density at radius 3 is 2.28 bits per heavy atom. The number of nitriles is 1. The summed E-state index contributed by atoms with van der Waals surface area (Å²) in [5.41, 5.74) is -0.109. The molecule has 0 N–H and O–H groups in total. The van der Waals surface area contributed by atoms with Crippen molar-refractivity contribution >= 4 is 38.8 Å². The van der Waals surface area contributed by atoms with Crippen LogP contribution in [0, 0.1) is 11.3 Å². The van der Waals surface area contributed by atoms with E-state index in [0.717, 1.165) is 18.4 Å². The zero-order chi connectivity index (χ0) is 21.6. The Kier molecular flexibility index (Phi) is 5.56. The van der Waals surface area contributed by atoms with E-state index in [1.54, 1.807) is 6.07 Å². The Hall–Kier alpha value is -2.28. The largest absolute Gasteiger partial charge is 0.429 e. The van der Waals surface area contributed by atoms with Crippen molar-refractivity contribution in [1.82, 2.24) is 0 Å². The van der Waals surface area contributed by atoms with E-state index >= 15 is 0 Å². The molecule has 2 aromatic carbocycles. The summed E-state index contributed by atoms with van der Waals surface area (Å²) in [6.45, 7) is 0. The SMILES string of the molecule is CS(=O)(=O)c1ccc(C2=NOC(C(F)(F)F)C2c2cc(Cl)cc(Cl)c2)cc1C#N. The van der Waals surface area contributed by atoms with Crippen LogP contribution in [0.25, 0.3) is 0 Å². The fourth-order valence-corrected chi connectivity index (χ4v) is 4.41. The molecule has 1 heterocycles. The molecule has 0 spiro atoms. The highest BCUT2D eigenvalue weighted by molar-refractivity contribution is 7.90. The number of hydrogen-bond acceptors (Lipinski definition) is 5. The number of nitrogens with zero attached hydrogens (tertiary/aromatic N) is 2. The highest BCUT2D eigenvalue weighted by Crippen LogP contribution is 2.42. The van der Waals surface area contributed by atoms with E-state index in [1.807, 2.05) is 0 Å². The van der Waals surface area contributed by atoms with Gasteiger partial charge in [-0.25, -0.2) is 8.42 Å². The molecule has 11 heteroatoms. The molecule has 0 fully saturated rings. The lowest BCUT2D eigenvalue weighted by atomic mass is 9.85. The number of alkyl halides is 3. The summed E-state index contributed by atoms with van der Waals surface area (Å²) >= 11 is 11.9. The average Bonchev–Trinajstić information content (AvgIpc) is 3.05. The van der Waals surface area contributed by atoms with E-state index < -0.39 is 28.0 Å². The van der Waals surface area contributed by atoms with Gasteiger partial charge in [-0.15, -0.1) is 0 Å². The minimum absolute atomic E-state index is 0.113. The van der Waals surface area contributed by atoms with Crippen LogP contribution in [0.1, 0.15) is 22.6 Å². The van der Waals surface area contributed by atoms with Gasteiger partial charge in [-0.1, -0.05) is 34.4 Å². The minimum atomic E-state index is -4.75. The van der Waals surface area contributed by atoms with Gasteiger partial charge in [0.15, 0.2) is 9.84 Å². The Labute approximate surface area is 174 Å². The van der Waals surface area contributed by atoms with Gasteiger partial charge >= 0.3 is 6.18 Å². The normalized spacial score (nSPS) is 19.4. The van der Waals surface area contributed by atoms with Gasteiger partial charge in [-0.3, -0.25) is 0 Å². The number of oxime groups is 1. The van der Waals surface area contributed by atoms with Crippen LogP contribution >= 0.6 is 23.2 Å². The first-order valence-electron chi connectivity index (χ1n) is 7.93. The van der Waals surface area contributed by atoms with Gasteiger partial charge in [0.1, 0.15) is 6.07 Å². The van der Waals surface area contributed by atoms with Gasteiger partial charge in [-0.05, 0) is 35.9 Å². The van der Waals surface area contributed by atoms with Gasteiger partial charge in [0.05, 0.1) is 22.1 Å². The predicted octanol–water partition coefficient (Wildman–Crippen LogP) is 4.72. The highest BCUT2D eigenvalue weighted by Gasteiger charge is 2.53. The van der Waals surface area contributed by atoms with Crippen molar-refractivity contribution in [2.24, 2.45) is 5.16 Å². The molecule has 3 rings (SSSR count). The van der Waals surface area contributed by atoms with Gasteiger partial charge in [0.2, 0.25) is 6.10 Å². The smallest absolute Gasteiger partial charge is 0.381 e. The number of halogens is 5. The van der Waals surface area contributed by atoms with Crippen LogP contribution in [-0.2, 0) is 14.7 Å². The number of hydrogen-bond donors (Lipinski definition) is 0. The topological polar surface area (TPSA) is 79.5 Å². The van der Waals surface area contributed by atoms with Crippen LogP contribution in [0.4, 0.5) is 13.2 Å². The quantitative estimate of drug-likeness (QED) is 0.660. The molecule has 29 heavy (non-hydrogen) atoms. The molecule has 0 aliphatic carbocycles. The van der Waals surface area contributed by atoms with Crippen LogP contribution in [0.15, 0.2) is 46.4 Å². The first-order valence-corrected chi connectivity index (χ1v) is 10.6. The molecule has 0 aromatic heterocycles. The molecule has 2 unspecified atom stereocenters. The van der Waals surface area contributed by atoms with Gasteiger partial charge in [-0.2, -0.15) is 18.4 Å². The summed E-state index contributed by atoms with van der Waals surface area (Å²) in [5, 5.41) is 13.1. The monoisotopic (exact) mass is 462 g/mol. The zero-order valence-corrected chi connectivity index (χ0v) is 16.9. The van der Waals surface area contributed by atoms with E-state index in [4.69, 9.17) is 23.2 Å². The molecular weight excluding hydrogens is 452 g/mol. The van der Waals surface area contributed by atoms with Gasteiger partial charge < -0.3 is 4.84 Å². The van der Waals surface area contributed by atoms with Crippen LogP contribution in [0.3, 0.4) is 0 Å². The molecule has 0 bridgehead atoms. The molecule has 2 aromatic rings. The summed E-state index contributed by atoms with van der Waals surface area (Å²) < 4.78 is 64.3. The standard InChI is InChI=1S/C18H11Cl2F3N2O3S/c1-29(26,27)14-3-2-9(4-11(14)8-24)16-15(17(28-25-16)18(21,22)23)10-5-12(19)7-13(20)6-10/h2-7,15,17H,1H3. The Balaban J connectivity index is 2.16. The van der Waals surface area contributed by atoms with E-state index in [-0.39, 0.29) is 37.3 Å². The van der Waals surface area contributed by atoms with Crippen LogP contribution in [0.5, 0.6) is 0 Å². The molecule has 152 valence electrons. The maximum atomic E-state index is 13.6. The molecule has 2 atom stereocenters. The third kappa shape index (κ3) is 4.34. The molecule has 0 saturated carbocycles. The second-order valence-electron chi connectivity index (χ2n) is 6.32. The minimum Gasteiger partial charge on any atom is -0.381 e. The highest BCUT2D eigenvalue weighted by atomic mass is 35.5. The summed E-state index contributed by atoms with van der Waals surface area (Å²) in [5.74, 6) is -1.41. The Bertz CT molecular complexity index is 1140. The van der Waals surface area contributed by atoms with Crippen molar-refractivity contribution < 1.29 is 26.4 Å². The predicted molar refractivity (Wildman–Crippen MR) is 101 cm³/mol. The molecule has 1 aliphatic heterocycles. The van der Waals surface area contributed by atoms with Crippen molar-refractivity contribution in [3.05, 3.63) is 63.1 Å². The molecule has 0 amide bonds. The first kappa shape index (κ1) is 21.4. The Morgan fingerprint density at radius 1 is 1.14 bits per heavy atom. The molecule has 0 saturated heterocycles. The number of benzene rings is 2. The van der Waals surface area contributed by atoms with Crippen molar-refractivity contribution in [1.29, 1.82) is 5.26 Å². The van der Waals surface area contributed by atoms with Crippen molar-refractivity contribution in [3.63, 3.8) is 0 Å². The van der Waals surface area contributed by atoms with E-state index in [1.165, 1.54) is 24.3 Å². The van der Waals surface area contributed by atoms with Crippen molar-refractivity contribution in [2.75, 3.05) is 6.26 Å². The fourth-order valence-electron chi connectivity index (χ4n) is 3.04. The zero-order valence-electron chi connectivity index (χ0n) is 14.5. The van der Waals surface area contributed by atoms with Crippen molar-refractivity contribution in [2.45, 2.75) is 23.1 Å². The summed E-state index contributed by atoms with van der Waals surface area (Å²) in [7, 11) is -3.71. The third-order valence-corrected chi connectivity index (χ3v) is 5.82. The van der Waals surface area contributed by atoms with Gasteiger partial charge in [0, 0.05) is 21.9 Å². The second kappa shape index (κ2) is 7.52. The maximum Gasteiger partial charge on any atom is 0.429 e. The van der Waals surface area contributed by atoms with E-state index in [0.29, 0.717) is 0 Å². The summed E-state index contributed by atoms with van der Waals surface area (Å²) in [6, 6.07) is 9.33. The summed E-state index contributed by atoms with van der Waals surface area (Å²) in [6.07, 6.45) is -6.13. The lowest BCUT2D eigenvalue weighted by molar-refractivity contribution is -0.216. The number of sulfone groups is 1. The molecule has 1 aliphatic rings. The van der Waals surface area contributed by atoms with Crippen LogP contribution in [0.2, 0.25) is 10.0 Å². The third-order valence-electron chi connectivity index (χ3n) is 4.22.